The highest BCUT2D eigenvalue weighted by molar-refractivity contribution is 5.92. The molecular formula is C32H38N4O2. The van der Waals surface area contributed by atoms with E-state index in [1.807, 2.05) is 6.07 Å². The average molecular weight is 511 g/mol. The fraction of sp³-hybridized carbons (Fsp3) is 0.500. The van der Waals surface area contributed by atoms with E-state index in [9.17, 15) is 10.1 Å². The lowest BCUT2D eigenvalue weighted by Crippen LogP contribution is -2.10. The second kappa shape index (κ2) is 9.48. The fourth-order valence-electron chi connectivity index (χ4n) is 7.91. The second-order valence-corrected chi connectivity index (χ2v) is 11.8. The molecule has 0 amide bonds. The minimum Gasteiger partial charge on any atom is -0.399 e. The second-order valence-electron chi connectivity index (χ2n) is 11.8. The van der Waals surface area contributed by atoms with Crippen LogP contribution in [0.4, 0.5) is 11.4 Å². The van der Waals surface area contributed by atoms with E-state index in [4.69, 9.17) is 5.73 Å². The van der Waals surface area contributed by atoms with Gasteiger partial charge in [0.15, 0.2) is 0 Å². The van der Waals surface area contributed by atoms with Crippen molar-refractivity contribution in [1.29, 1.82) is 0 Å². The predicted molar refractivity (Wildman–Crippen MR) is 154 cm³/mol. The molecule has 0 saturated carbocycles. The molecule has 0 radical (unpaired) electrons. The van der Waals surface area contributed by atoms with E-state index in [2.05, 4.69) is 21.3 Å². The van der Waals surface area contributed by atoms with Gasteiger partial charge in [0.2, 0.25) is 0 Å². The molecule has 2 aliphatic carbocycles. The van der Waals surface area contributed by atoms with Crippen LogP contribution in [0.1, 0.15) is 85.0 Å². The Bertz CT molecular complexity index is 1570. The van der Waals surface area contributed by atoms with Crippen molar-refractivity contribution in [2.75, 3.05) is 5.73 Å². The third-order valence-electron chi connectivity index (χ3n) is 9.47. The Labute approximate surface area is 224 Å². The number of fused-ring (bicyclic) bond motifs is 6. The summed E-state index contributed by atoms with van der Waals surface area (Å²) >= 11 is 0. The number of anilines is 1. The Morgan fingerprint density at radius 3 is 1.74 bits per heavy atom. The highest BCUT2D eigenvalue weighted by Gasteiger charge is 2.26. The Balaban J connectivity index is 0.000000128. The van der Waals surface area contributed by atoms with Gasteiger partial charge in [0, 0.05) is 53.1 Å². The molecule has 2 aromatic heterocycles. The van der Waals surface area contributed by atoms with Crippen LogP contribution in [-0.4, -0.2) is 14.1 Å². The number of nitro benzene ring substituents is 1. The summed E-state index contributed by atoms with van der Waals surface area (Å²) < 4.78 is 5.06. The molecule has 0 spiro atoms. The Morgan fingerprint density at radius 1 is 0.632 bits per heavy atom. The summed E-state index contributed by atoms with van der Waals surface area (Å²) in [6.45, 7) is 2.29. The molecular weight excluding hydrogens is 472 g/mol. The van der Waals surface area contributed by atoms with Crippen LogP contribution < -0.4 is 5.73 Å². The monoisotopic (exact) mass is 510 g/mol. The summed E-state index contributed by atoms with van der Waals surface area (Å²) in [5.41, 5.74) is 18.8. The fourth-order valence-corrected chi connectivity index (χ4v) is 7.91. The standard InChI is InChI=1S/C16H18N2O2.C16H20N2/c19-18(20)12-9-11-5-4-8-17-15-7-3-1-2-6-13(15)14(10-12)16(11)17;17-12-9-11-5-4-8-18-15-7-3-1-2-6-13(15)14(10-12)16(11)18/h9-10H,1-8H2;9-10H,1-8,17H2. The predicted octanol–water partition coefficient (Wildman–Crippen LogP) is 7.20. The highest BCUT2D eigenvalue weighted by atomic mass is 16.6. The average Bonchev–Trinajstić information content (AvgIpc) is 3.15. The van der Waals surface area contributed by atoms with Gasteiger partial charge >= 0.3 is 0 Å². The molecule has 2 N–H and O–H groups in total. The van der Waals surface area contributed by atoms with Gasteiger partial charge in [0.1, 0.15) is 0 Å². The Kier molecular flexibility index (Phi) is 5.94. The van der Waals surface area contributed by atoms with Crippen molar-refractivity contribution in [2.24, 2.45) is 0 Å². The number of nitro groups is 1. The molecule has 38 heavy (non-hydrogen) atoms. The van der Waals surface area contributed by atoms with Gasteiger partial charge in [0.05, 0.1) is 16.0 Å². The third kappa shape index (κ3) is 3.83. The molecule has 4 heterocycles. The Hall–Kier alpha value is -3.28. The maximum absolute atomic E-state index is 11.2. The van der Waals surface area contributed by atoms with Gasteiger partial charge in [-0.3, -0.25) is 10.1 Å². The number of aromatic nitrogens is 2. The molecule has 6 nitrogen and oxygen atoms in total. The zero-order valence-electron chi connectivity index (χ0n) is 22.4. The van der Waals surface area contributed by atoms with Gasteiger partial charge in [-0.15, -0.1) is 0 Å². The highest BCUT2D eigenvalue weighted by Crippen LogP contribution is 2.39. The topological polar surface area (TPSA) is 79.0 Å². The van der Waals surface area contributed by atoms with Crippen molar-refractivity contribution >= 4 is 33.2 Å². The summed E-state index contributed by atoms with van der Waals surface area (Å²) in [6.07, 6.45) is 17.1. The maximum atomic E-state index is 11.2. The van der Waals surface area contributed by atoms with Crippen LogP contribution >= 0.6 is 0 Å². The number of rotatable bonds is 1. The lowest BCUT2D eigenvalue weighted by Gasteiger charge is -2.18. The molecule has 0 saturated heterocycles. The van der Waals surface area contributed by atoms with E-state index >= 15 is 0 Å². The van der Waals surface area contributed by atoms with Crippen LogP contribution in [0, 0.1) is 10.1 Å². The first kappa shape index (κ1) is 23.8. The number of hydrogen-bond donors (Lipinski definition) is 1. The molecule has 0 bridgehead atoms. The maximum Gasteiger partial charge on any atom is 0.270 e. The number of benzene rings is 2. The molecule has 0 unspecified atom stereocenters. The van der Waals surface area contributed by atoms with E-state index < -0.39 is 0 Å². The van der Waals surface area contributed by atoms with E-state index in [1.54, 1.807) is 17.3 Å². The first-order valence-corrected chi connectivity index (χ1v) is 14.8. The van der Waals surface area contributed by atoms with Crippen molar-refractivity contribution in [3.8, 4) is 0 Å². The van der Waals surface area contributed by atoms with E-state index in [-0.39, 0.29) is 10.6 Å². The van der Waals surface area contributed by atoms with E-state index in [1.165, 1.54) is 110 Å². The molecule has 2 aliphatic heterocycles. The minimum absolute atomic E-state index is 0.245. The molecule has 198 valence electrons. The lowest BCUT2D eigenvalue weighted by molar-refractivity contribution is -0.384. The summed E-state index contributed by atoms with van der Waals surface area (Å²) in [5, 5.41) is 13.8. The van der Waals surface area contributed by atoms with Gasteiger partial charge in [-0.2, -0.15) is 0 Å². The van der Waals surface area contributed by atoms with Gasteiger partial charge in [-0.25, -0.2) is 0 Å². The lowest BCUT2D eigenvalue weighted by atomic mass is 10.00. The van der Waals surface area contributed by atoms with Crippen LogP contribution in [0.25, 0.3) is 21.8 Å². The number of nitrogens with two attached hydrogens (primary N) is 1. The van der Waals surface area contributed by atoms with Crippen LogP contribution in [0.5, 0.6) is 0 Å². The Morgan fingerprint density at radius 2 is 1.16 bits per heavy atom. The largest absolute Gasteiger partial charge is 0.399 e. The van der Waals surface area contributed by atoms with E-state index in [0.717, 1.165) is 43.3 Å². The normalized spacial score (nSPS) is 18.2. The zero-order valence-corrected chi connectivity index (χ0v) is 22.4. The van der Waals surface area contributed by atoms with Crippen molar-refractivity contribution in [1.82, 2.24) is 9.13 Å². The van der Waals surface area contributed by atoms with Crippen LogP contribution in [0.15, 0.2) is 24.3 Å². The van der Waals surface area contributed by atoms with Gasteiger partial charge in [-0.05, 0) is 111 Å². The van der Waals surface area contributed by atoms with Gasteiger partial charge < -0.3 is 14.9 Å². The van der Waals surface area contributed by atoms with Crippen molar-refractivity contribution in [2.45, 2.75) is 103 Å². The van der Waals surface area contributed by atoms with Crippen LogP contribution in [0.2, 0.25) is 0 Å². The molecule has 8 rings (SSSR count). The summed E-state index contributed by atoms with van der Waals surface area (Å²) in [4.78, 5) is 10.9. The molecule has 0 fully saturated rings. The molecule has 0 atom stereocenters. The van der Waals surface area contributed by atoms with Crippen molar-refractivity contribution in [3.63, 3.8) is 0 Å². The van der Waals surface area contributed by atoms with E-state index in [0.29, 0.717) is 0 Å². The van der Waals surface area contributed by atoms with Crippen molar-refractivity contribution < 1.29 is 4.92 Å². The number of nitrogens with zero attached hydrogens (tertiary/aromatic N) is 3. The number of hydrogen-bond acceptors (Lipinski definition) is 3. The van der Waals surface area contributed by atoms with Crippen molar-refractivity contribution in [3.05, 3.63) is 68.0 Å². The SMILES string of the molecule is Nc1cc2c3c(c1)c1c(n3CCC2)CCCCC1.O=[N+]([O-])c1cc2c3c(c1)c1c(n3CCC2)CCCCC1. The summed E-state index contributed by atoms with van der Waals surface area (Å²) in [6, 6.07) is 8.00. The molecule has 4 aliphatic rings. The number of nitrogen functional groups attached to an aromatic ring is 1. The van der Waals surface area contributed by atoms with Gasteiger partial charge in [0.25, 0.3) is 5.69 Å². The van der Waals surface area contributed by atoms with Crippen LogP contribution in [-0.2, 0) is 51.6 Å². The minimum atomic E-state index is -0.245. The summed E-state index contributed by atoms with van der Waals surface area (Å²) in [5.74, 6) is 0. The molecule has 6 heteroatoms. The molecule has 4 aromatic rings. The van der Waals surface area contributed by atoms with Gasteiger partial charge in [-0.1, -0.05) is 12.8 Å². The first-order chi connectivity index (χ1) is 18.6. The summed E-state index contributed by atoms with van der Waals surface area (Å²) in [7, 11) is 0. The number of aryl methyl sites for hydroxylation is 6. The van der Waals surface area contributed by atoms with Crippen LogP contribution in [0.3, 0.4) is 0 Å². The molecule has 2 aromatic carbocycles. The zero-order chi connectivity index (χ0) is 25.8. The third-order valence-corrected chi connectivity index (χ3v) is 9.47. The first-order valence-electron chi connectivity index (χ1n) is 14.8. The quantitative estimate of drug-likeness (QED) is 0.127. The smallest absolute Gasteiger partial charge is 0.270 e. The number of non-ortho nitro benzene ring substituents is 1.